The lowest BCUT2D eigenvalue weighted by Crippen LogP contribution is -2.12. The van der Waals surface area contributed by atoms with Crippen LogP contribution in [0.15, 0.2) is 0 Å². The minimum atomic E-state index is -0.0466. The van der Waals surface area contributed by atoms with Crippen molar-refractivity contribution in [2.45, 2.75) is 19.8 Å². The van der Waals surface area contributed by atoms with E-state index in [4.69, 9.17) is 24.2 Å². The number of aliphatic hydroxyl groups is 1. The van der Waals surface area contributed by atoms with Crippen molar-refractivity contribution in [3.05, 3.63) is 0 Å². The minimum Gasteiger partial charge on any atom is -0.394 e. The molecule has 0 aromatic rings. The predicted molar refractivity (Wildman–Crippen MR) is 66.4 cm³/mol. The van der Waals surface area contributed by atoms with Crippen molar-refractivity contribution < 1.29 is 29.1 Å². The second kappa shape index (κ2) is 16.8. The molecule has 110 valence electrons. The fourth-order valence-corrected chi connectivity index (χ4v) is 1.04. The Labute approximate surface area is 109 Å². The number of ether oxygens (including phenoxy) is 3. The molecule has 0 radical (unpaired) electrons. The van der Waals surface area contributed by atoms with Gasteiger partial charge in [-0.3, -0.25) is 0 Å². The van der Waals surface area contributed by atoms with Crippen LogP contribution in [0.4, 0.5) is 0 Å². The Kier molecular flexibility index (Phi) is 16.5. The Bertz CT molecular complexity index is 129. The van der Waals surface area contributed by atoms with E-state index >= 15 is 0 Å². The lowest BCUT2D eigenvalue weighted by Gasteiger charge is -2.06. The van der Waals surface area contributed by atoms with Crippen molar-refractivity contribution in [2.75, 3.05) is 59.5 Å². The zero-order chi connectivity index (χ0) is 13.3. The summed E-state index contributed by atoms with van der Waals surface area (Å²) in [5, 5.41) is 8.39. The molecule has 6 nitrogen and oxygen atoms in total. The molecule has 0 aromatic carbocycles. The monoisotopic (exact) mass is 266 g/mol. The molecule has 0 spiro atoms. The maximum atomic E-state index is 8.39. The Morgan fingerprint density at radius 1 is 0.667 bits per heavy atom. The second-order valence-electron chi connectivity index (χ2n) is 3.56. The van der Waals surface area contributed by atoms with Crippen molar-refractivity contribution in [1.29, 1.82) is 0 Å². The van der Waals surface area contributed by atoms with Crippen LogP contribution in [0.2, 0.25) is 0 Å². The Hall–Kier alpha value is -0.240. The molecule has 0 atom stereocenters. The molecule has 0 aliphatic rings. The van der Waals surface area contributed by atoms with E-state index in [1.807, 2.05) is 0 Å². The van der Waals surface area contributed by atoms with Crippen molar-refractivity contribution >= 4 is 0 Å². The van der Waals surface area contributed by atoms with Gasteiger partial charge in [-0.05, 0) is 6.42 Å². The Balaban J connectivity index is 2.86. The van der Waals surface area contributed by atoms with Gasteiger partial charge in [0.1, 0.15) is 13.2 Å². The molecule has 0 saturated heterocycles. The zero-order valence-corrected chi connectivity index (χ0v) is 11.3. The third-order valence-corrected chi connectivity index (χ3v) is 1.96. The van der Waals surface area contributed by atoms with Crippen LogP contribution < -0.4 is 0 Å². The summed E-state index contributed by atoms with van der Waals surface area (Å²) in [7, 11) is 0. The molecular formula is C12H26O6. The summed E-state index contributed by atoms with van der Waals surface area (Å²) in [6.07, 6.45) is 2.25. The summed E-state index contributed by atoms with van der Waals surface area (Å²) in [6.45, 7) is 6.18. The fourth-order valence-electron chi connectivity index (χ4n) is 1.04. The average molecular weight is 266 g/mol. The molecule has 0 fully saturated rings. The highest BCUT2D eigenvalue weighted by Gasteiger charge is 1.92. The molecule has 0 amide bonds. The summed E-state index contributed by atoms with van der Waals surface area (Å²) >= 11 is 0. The standard InChI is InChI=1S/C12H26O6/c1-2-3-5-14-7-8-15-9-10-16-11-12-18-17-6-4-13/h13H,2-12H2,1H3. The number of hydrogen-bond acceptors (Lipinski definition) is 6. The molecule has 18 heavy (non-hydrogen) atoms. The first-order valence-electron chi connectivity index (χ1n) is 6.50. The SMILES string of the molecule is CCCCOCCOCCOCCOOCCO. The molecule has 1 N–H and O–H groups in total. The molecule has 0 heterocycles. The van der Waals surface area contributed by atoms with Gasteiger partial charge >= 0.3 is 0 Å². The van der Waals surface area contributed by atoms with Crippen molar-refractivity contribution in [3.63, 3.8) is 0 Å². The van der Waals surface area contributed by atoms with Gasteiger partial charge in [0.25, 0.3) is 0 Å². The van der Waals surface area contributed by atoms with Crippen LogP contribution in [0.3, 0.4) is 0 Å². The fraction of sp³-hybridized carbons (Fsp3) is 1.00. The van der Waals surface area contributed by atoms with E-state index in [2.05, 4.69) is 11.8 Å². The quantitative estimate of drug-likeness (QED) is 0.268. The van der Waals surface area contributed by atoms with E-state index in [9.17, 15) is 0 Å². The van der Waals surface area contributed by atoms with Gasteiger partial charge in [-0.1, -0.05) is 13.3 Å². The van der Waals surface area contributed by atoms with Crippen molar-refractivity contribution in [3.8, 4) is 0 Å². The smallest absolute Gasteiger partial charge is 0.106 e. The first kappa shape index (κ1) is 17.8. The molecule has 0 aromatic heterocycles. The topological polar surface area (TPSA) is 66.4 Å². The van der Waals surface area contributed by atoms with Gasteiger partial charge in [0.2, 0.25) is 0 Å². The number of unbranched alkanes of at least 4 members (excludes halogenated alkanes) is 1. The third-order valence-electron chi connectivity index (χ3n) is 1.96. The molecular weight excluding hydrogens is 240 g/mol. The van der Waals surface area contributed by atoms with Crippen molar-refractivity contribution in [1.82, 2.24) is 0 Å². The van der Waals surface area contributed by atoms with Gasteiger partial charge in [0.15, 0.2) is 0 Å². The van der Waals surface area contributed by atoms with E-state index < -0.39 is 0 Å². The molecule has 0 aliphatic carbocycles. The van der Waals surface area contributed by atoms with E-state index in [1.165, 1.54) is 0 Å². The molecule has 6 heteroatoms. The normalized spacial score (nSPS) is 11.0. The molecule has 0 saturated carbocycles. The van der Waals surface area contributed by atoms with Crippen LogP contribution in [0.25, 0.3) is 0 Å². The van der Waals surface area contributed by atoms with E-state index in [0.717, 1.165) is 19.4 Å². The van der Waals surface area contributed by atoms with Gasteiger partial charge in [-0.25, -0.2) is 9.78 Å². The van der Waals surface area contributed by atoms with Gasteiger partial charge in [0.05, 0.1) is 39.6 Å². The highest BCUT2D eigenvalue weighted by atomic mass is 17.2. The maximum absolute atomic E-state index is 8.39. The van der Waals surface area contributed by atoms with Crippen LogP contribution in [0, 0.1) is 0 Å². The van der Waals surface area contributed by atoms with Gasteiger partial charge in [-0.15, -0.1) is 0 Å². The van der Waals surface area contributed by atoms with Crippen LogP contribution >= 0.6 is 0 Å². The highest BCUT2D eigenvalue weighted by Crippen LogP contribution is 1.88. The van der Waals surface area contributed by atoms with E-state index in [0.29, 0.717) is 39.6 Å². The largest absolute Gasteiger partial charge is 0.394 e. The predicted octanol–water partition coefficient (Wildman–Crippen LogP) is 0.777. The van der Waals surface area contributed by atoms with Crippen LogP contribution in [-0.4, -0.2) is 64.6 Å². The minimum absolute atomic E-state index is 0.0466. The van der Waals surface area contributed by atoms with E-state index in [1.54, 1.807) is 0 Å². The summed E-state index contributed by atoms with van der Waals surface area (Å²) < 4.78 is 15.9. The Morgan fingerprint density at radius 3 is 1.72 bits per heavy atom. The highest BCUT2D eigenvalue weighted by molar-refractivity contribution is 4.35. The van der Waals surface area contributed by atoms with Crippen LogP contribution in [0.1, 0.15) is 19.8 Å². The lowest BCUT2D eigenvalue weighted by atomic mass is 10.4. The summed E-state index contributed by atoms with van der Waals surface area (Å²) in [5.41, 5.74) is 0. The average Bonchev–Trinajstić information content (AvgIpc) is 2.39. The molecule has 0 bridgehead atoms. The molecule has 0 unspecified atom stereocenters. The van der Waals surface area contributed by atoms with Crippen LogP contribution in [0.5, 0.6) is 0 Å². The summed E-state index contributed by atoms with van der Waals surface area (Å²) in [4.78, 5) is 9.31. The second-order valence-corrected chi connectivity index (χ2v) is 3.56. The first-order valence-corrected chi connectivity index (χ1v) is 6.50. The summed E-state index contributed by atoms with van der Waals surface area (Å²) in [5.74, 6) is 0. The van der Waals surface area contributed by atoms with Gasteiger partial charge in [-0.2, -0.15) is 0 Å². The Morgan fingerprint density at radius 2 is 1.17 bits per heavy atom. The van der Waals surface area contributed by atoms with E-state index in [-0.39, 0.29) is 13.2 Å². The van der Waals surface area contributed by atoms with Crippen molar-refractivity contribution in [2.24, 2.45) is 0 Å². The van der Waals surface area contributed by atoms with Gasteiger partial charge < -0.3 is 19.3 Å². The summed E-state index contributed by atoms with van der Waals surface area (Å²) in [6, 6.07) is 0. The van der Waals surface area contributed by atoms with Gasteiger partial charge in [0, 0.05) is 6.61 Å². The first-order chi connectivity index (χ1) is 8.91. The van der Waals surface area contributed by atoms with Crippen LogP contribution in [-0.2, 0) is 24.0 Å². The third kappa shape index (κ3) is 15.8. The zero-order valence-electron chi connectivity index (χ0n) is 11.3. The number of hydrogen-bond donors (Lipinski definition) is 1. The molecule has 0 aliphatic heterocycles. The maximum Gasteiger partial charge on any atom is 0.106 e. The molecule has 0 rings (SSSR count). The number of rotatable bonds is 15. The lowest BCUT2D eigenvalue weighted by molar-refractivity contribution is -0.302. The number of aliphatic hydroxyl groups excluding tert-OH is 1.